The first-order chi connectivity index (χ1) is 25.0. The van der Waals surface area contributed by atoms with Crippen molar-refractivity contribution in [2.24, 2.45) is 0 Å². The fourth-order valence-electron chi connectivity index (χ4n) is 6.17. The third kappa shape index (κ3) is 16.3. The molecule has 0 fully saturated rings. The predicted molar refractivity (Wildman–Crippen MR) is 200 cm³/mol. The van der Waals surface area contributed by atoms with Crippen LogP contribution in [0, 0.1) is 5.82 Å². The second kappa shape index (κ2) is 24.8. The molecular weight excluding hydrogens is 686 g/mol. The van der Waals surface area contributed by atoms with Crippen molar-refractivity contribution < 1.29 is 58.5 Å². The van der Waals surface area contributed by atoms with Crippen LogP contribution >= 0.6 is 0 Å². The topological polar surface area (TPSA) is 145 Å². The first kappa shape index (κ1) is 45.8. The molecule has 284 valence electrons. The van der Waals surface area contributed by atoms with Crippen LogP contribution in [0.1, 0.15) is 124 Å². The van der Waals surface area contributed by atoms with Gasteiger partial charge >= 0.3 is 29.6 Å². The van der Waals surface area contributed by atoms with E-state index in [0.29, 0.717) is 35.9 Å². The Bertz CT molecular complexity index is 1690. The van der Waals surface area contributed by atoms with Crippen LogP contribution < -0.4 is 45.5 Å². The molecule has 0 bridgehead atoms. The Morgan fingerprint density at radius 1 is 0.925 bits per heavy atom. The second-order valence-electron chi connectivity index (χ2n) is 13.9. The smallest absolute Gasteiger partial charge is 0.550 e. The minimum atomic E-state index is -0.967. The first-order valence-corrected chi connectivity index (χ1v) is 18.8. The number of likely N-dealkylation sites (N-methyl/N-ethyl adjacent to an activating group) is 1. The van der Waals surface area contributed by atoms with E-state index in [2.05, 4.69) is 17.5 Å². The molecule has 53 heavy (non-hydrogen) atoms. The summed E-state index contributed by atoms with van der Waals surface area (Å²) in [6.45, 7) is 1.25. The minimum absolute atomic E-state index is 0. The van der Waals surface area contributed by atoms with Gasteiger partial charge in [0.25, 0.3) is 11.5 Å². The molecule has 2 N–H and O–H groups in total. The number of aryl methyl sites for hydroxylation is 1. The summed E-state index contributed by atoms with van der Waals surface area (Å²) in [5.41, 5.74) is 2.49. The summed E-state index contributed by atoms with van der Waals surface area (Å²) >= 11 is 0. The molecule has 2 aromatic heterocycles. The molecule has 0 unspecified atom stereocenters. The molecule has 0 aliphatic rings. The van der Waals surface area contributed by atoms with Gasteiger partial charge in [-0.25, -0.2) is 4.39 Å². The van der Waals surface area contributed by atoms with Crippen molar-refractivity contribution in [3.8, 4) is 0 Å². The molecule has 0 saturated carbocycles. The van der Waals surface area contributed by atoms with Gasteiger partial charge in [-0.15, -0.1) is 0 Å². The molecule has 0 spiro atoms. The Labute approximate surface area is 335 Å². The second-order valence-corrected chi connectivity index (χ2v) is 13.9. The van der Waals surface area contributed by atoms with Gasteiger partial charge in [-0.05, 0) is 99.6 Å². The van der Waals surface area contributed by atoms with E-state index in [1.165, 1.54) is 21.6 Å². The number of rotatable bonds is 24. The van der Waals surface area contributed by atoms with Crippen LogP contribution in [0.5, 0.6) is 0 Å². The van der Waals surface area contributed by atoms with E-state index in [4.69, 9.17) is 4.98 Å². The molecule has 2 amide bonds. The number of nitrogens with zero attached hydrogens (tertiary/aromatic N) is 3. The van der Waals surface area contributed by atoms with Crippen molar-refractivity contribution in [3.05, 3.63) is 87.1 Å². The third-order valence-corrected chi connectivity index (χ3v) is 9.13. The molecule has 0 saturated heterocycles. The normalized spacial score (nSPS) is 11.8. The molecule has 12 heteroatoms. The number of amides is 2. The fourth-order valence-corrected chi connectivity index (χ4v) is 6.17. The average Bonchev–Trinajstić information content (AvgIpc) is 3.10. The quantitative estimate of drug-likeness (QED) is 0.0816. The number of pyridine rings is 2. The average molecular weight is 743 g/mol. The zero-order chi connectivity index (χ0) is 37.9. The van der Waals surface area contributed by atoms with Gasteiger partial charge in [0.2, 0.25) is 5.91 Å². The van der Waals surface area contributed by atoms with Gasteiger partial charge in [-0.3, -0.25) is 23.9 Å². The van der Waals surface area contributed by atoms with Gasteiger partial charge in [0.15, 0.2) is 0 Å². The minimum Gasteiger partial charge on any atom is -0.550 e. The van der Waals surface area contributed by atoms with E-state index in [1.54, 1.807) is 39.3 Å². The zero-order valence-electron chi connectivity index (χ0n) is 32.1. The van der Waals surface area contributed by atoms with Crippen LogP contribution in [0.15, 0.2) is 53.5 Å². The van der Waals surface area contributed by atoms with Crippen molar-refractivity contribution in [3.63, 3.8) is 0 Å². The van der Waals surface area contributed by atoms with Crippen molar-refractivity contribution in [2.75, 3.05) is 20.6 Å². The summed E-state index contributed by atoms with van der Waals surface area (Å²) in [6.07, 6.45) is 19.5. The number of hydrogen-bond acceptors (Lipinski definition) is 7. The largest absolute Gasteiger partial charge is 1.00 e. The molecule has 2 heterocycles. The zero-order valence-corrected chi connectivity index (χ0v) is 34.1. The van der Waals surface area contributed by atoms with Crippen molar-refractivity contribution in [1.82, 2.24) is 19.8 Å². The van der Waals surface area contributed by atoms with E-state index in [1.807, 2.05) is 6.07 Å². The molecule has 3 rings (SSSR count). The van der Waals surface area contributed by atoms with Crippen LogP contribution in [0.2, 0.25) is 0 Å². The van der Waals surface area contributed by atoms with Crippen LogP contribution in [0.25, 0.3) is 11.0 Å². The summed E-state index contributed by atoms with van der Waals surface area (Å²) in [7, 11) is 3.21. The number of carbonyl (C=O) groups is 3. The summed E-state index contributed by atoms with van der Waals surface area (Å²) in [6, 6.07) is 8.00. The molecule has 1 atom stereocenters. The fraction of sp³-hybridized carbons (Fsp3) is 0.537. The summed E-state index contributed by atoms with van der Waals surface area (Å²) in [4.78, 5) is 57.2. The van der Waals surface area contributed by atoms with Gasteiger partial charge in [0.05, 0.1) is 17.1 Å². The Morgan fingerprint density at radius 3 is 2.09 bits per heavy atom. The number of fused-ring (bicyclic) bond motifs is 1. The van der Waals surface area contributed by atoms with E-state index in [9.17, 15) is 33.8 Å². The van der Waals surface area contributed by atoms with Gasteiger partial charge in [0, 0.05) is 32.8 Å². The van der Waals surface area contributed by atoms with Crippen LogP contribution in [-0.4, -0.2) is 64.1 Å². The molecule has 0 aliphatic heterocycles. The summed E-state index contributed by atoms with van der Waals surface area (Å²) in [5, 5.41) is 23.0. The van der Waals surface area contributed by atoms with E-state index in [-0.39, 0.29) is 66.4 Å². The standard InChI is InChI=1S/C41H57FN4O6.Na/c1-30(47)27-44-40(51)38-34(19-17-15-13-11-9-7-5-4-6-8-10-12-14-16-18-20-37(49)50)39-35(46(41(38)52)29-36(48)45(2)3)26-32(28-43-39)25-31-21-23-33(42)24-22-31;/h4,6,21-24,26,28,30,47H,5,7-20,25,27,29H2,1-3H3,(H,44,51)(H,49,50);/q;+1/p-1/b6-4-;/t30-;/m1./s1. The number of carbonyl (C=O) groups excluding carboxylic acids is 3. The Morgan fingerprint density at radius 2 is 1.51 bits per heavy atom. The third-order valence-electron chi connectivity index (χ3n) is 9.13. The number of aliphatic carboxylic acids is 1. The van der Waals surface area contributed by atoms with Gasteiger partial charge < -0.3 is 25.2 Å². The number of aliphatic hydroxyl groups excluding tert-OH is 1. The van der Waals surface area contributed by atoms with Gasteiger partial charge in [-0.1, -0.05) is 69.2 Å². The first-order valence-electron chi connectivity index (χ1n) is 18.8. The number of allylic oxidation sites excluding steroid dienone is 2. The van der Waals surface area contributed by atoms with E-state index >= 15 is 0 Å². The molecule has 10 nitrogen and oxygen atoms in total. The number of carboxylic acids is 1. The summed E-state index contributed by atoms with van der Waals surface area (Å²) < 4.78 is 14.9. The van der Waals surface area contributed by atoms with Crippen molar-refractivity contribution in [2.45, 2.75) is 122 Å². The molecule has 1 aromatic carbocycles. The Kier molecular flexibility index (Phi) is 21.5. The maximum absolute atomic E-state index is 14.1. The van der Waals surface area contributed by atoms with Crippen LogP contribution in [-0.2, 0) is 29.0 Å². The SMILES string of the molecule is C[C@@H](O)CNC(=O)c1c(CCCCCCCC/C=C\CCCCCCCC(=O)[O-])c2ncc(Cc3ccc(F)cc3)cc2n(CC(=O)N(C)C)c1=O.[Na+]. The number of halogens is 1. The Hall–Kier alpha value is -3.38. The number of benzene rings is 1. The number of nitrogens with one attached hydrogen (secondary N) is 1. The molecular formula is C41H56FN4NaO6. The monoisotopic (exact) mass is 742 g/mol. The van der Waals surface area contributed by atoms with E-state index in [0.717, 1.165) is 88.2 Å². The summed E-state index contributed by atoms with van der Waals surface area (Å²) in [5.74, 6) is -2.22. The van der Waals surface area contributed by atoms with Crippen molar-refractivity contribution >= 4 is 28.8 Å². The van der Waals surface area contributed by atoms with E-state index < -0.39 is 23.5 Å². The van der Waals surface area contributed by atoms with Gasteiger partial charge in [0.1, 0.15) is 17.9 Å². The number of carboxylic acid groups (broad SMARTS) is 1. The molecule has 0 radical (unpaired) electrons. The molecule has 3 aromatic rings. The maximum Gasteiger partial charge on any atom is 1.00 e. The number of aliphatic hydroxyl groups is 1. The Balaban J connectivity index is 0.00000972. The van der Waals surface area contributed by atoms with Crippen molar-refractivity contribution in [1.29, 1.82) is 0 Å². The number of hydrogen-bond donors (Lipinski definition) is 2. The number of aromatic nitrogens is 2. The van der Waals surface area contributed by atoms with Crippen LogP contribution in [0.3, 0.4) is 0 Å². The van der Waals surface area contributed by atoms with Crippen LogP contribution in [0.4, 0.5) is 4.39 Å². The maximum atomic E-state index is 14.1. The van der Waals surface area contributed by atoms with Gasteiger partial charge in [-0.2, -0.15) is 0 Å². The number of unbranched alkanes of at least 4 members (excludes halogenated alkanes) is 11. The predicted octanol–water partition coefficient (Wildman–Crippen LogP) is 2.64. The molecule has 0 aliphatic carbocycles.